The minimum absolute atomic E-state index is 0.0836. The summed E-state index contributed by atoms with van der Waals surface area (Å²) in [5.74, 6) is -0.358. The van der Waals surface area contributed by atoms with Crippen LogP contribution in [0.2, 0.25) is 0 Å². The Morgan fingerprint density at radius 2 is 1.94 bits per heavy atom. The molecule has 90 valence electrons. The molecule has 0 heterocycles. The highest BCUT2D eigenvalue weighted by Gasteiger charge is 2.48. The van der Waals surface area contributed by atoms with Crippen LogP contribution >= 0.6 is 7.45 Å². The number of benzene rings is 1. The fraction of sp³-hybridized carbons (Fsp3) is 0.500. The van der Waals surface area contributed by atoms with Crippen molar-refractivity contribution in [2.75, 3.05) is 0 Å². The molecule has 0 amide bonds. The predicted molar refractivity (Wildman–Crippen MR) is 64.9 cm³/mol. The minimum atomic E-state index is -4.26. The van der Waals surface area contributed by atoms with Gasteiger partial charge < -0.3 is 5.11 Å². The maximum atomic E-state index is 14.3. The molecule has 2 nitrogen and oxygen atoms in total. The van der Waals surface area contributed by atoms with Crippen LogP contribution in [0.1, 0.15) is 27.2 Å². The van der Waals surface area contributed by atoms with Gasteiger partial charge in [-0.2, -0.15) is 4.20 Å². The van der Waals surface area contributed by atoms with E-state index < -0.39 is 12.8 Å². The van der Waals surface area contributed by atoms with Crippen molar-refractivity contribution in [3.63, 3.8) is 0 Å². The van der Waals surface area contributed by atoms with Gasteiger partial charge in [-0.15, -0.1) is 0 Å². The van der Waals surface area contributed by atoms with Crippen molar-refractivity contribution < 1.29 is 13.9 Å². The summed E-state index contributed by atoms with van der Waals surface area (Å²) < 4.78 is 26.5. The fourth-order valence-electron chi connectivity index (χ4n) is 1.55. The summed E-state index contributed by atoms with van der Waals surface area (Å²) in [7, 11) is -4.26. The summed E-state index contributed by atoms with van der Waals surface area (Å²) in [6.45, 7) is 4.86. The van der Waals surface area contributed by atoms with Gasteiger partial charge in [-0.3, -0.25) is 4.57 Å². The van der Waals surface area contributed by atoms with Gasteiger partial charge in [0.1, 0.15) is 5.34 Å². The first-order valence-corrected chi connectivity index (χ1v) is 7.01. The molecule has 0 aliphatic rings. The topological polar surface area (TPSA) is 37.3 Å². The second-order valence-corrected chi connectivity index (χ2v) is 6.76. The molecule has 3 atom stereocenters. The van der Waals surface area contributed by atoms with E-state index in [1.807, 2.05) is 6.92 Å². The highest BCUT2D eigenvalue weighted by molar-refractivity contribution is 7.67. The minimum Gasteiger partial charge on any atom is -0.379 e. The first-order chi connectivity index (χ1) is 7.34. The Balaban J connectivity index is 3.16. The second kappa shape index (κ2) is 4.68. The Hall–Kier alpha value is -0.660. The van der Waals surface area contributed by atoms with Crippen LogP contribution in [0.15, 0.2) is 30.3 Å². The van der Waals surface area contributed by atoms with E-state index in [1.165, 1.54) is 19.1 Å². The summed E-state index contributed by atoms with van der Waals surface area (Å²) in [5, 5.41) is 8.41. The van der Waals surface area contributed by atoms with Crippen molar-refractivity contribution in [3.05, 3.63) is 30.3 Å². The molecule has 0 aliphatic carbocycles. The number of hydrogen-bond donors (Lipinski definition) is 1. The third-order valence-electron chi connectivity index (χ3n) is 3.22. The summed E-state index contributed by atoms with van der Waals surface area (Å²) >= 11 is 0. The molecule has 0 fully saturated rings. The lowest BCUT2D eigenvalue weighted by molar-refractivity contribution is 0.0784. The molecule has 1 aromatic rings. The molecule has 1 aromatic carbocycles. The number of hydrogen-bond acceptors (Lipinski definition) is 2. The van der Waals surface area contributed by atoms with E-state index in [0.29, 0.717) is 6.42 Å². The Kier molecular flexibility index (Phi) is 3.92. The Bertz CT molecular complexity index is 389. The van der Waals surface area contributed by atoms with Crippen molar-refractivity contribution >= 4 is 12.8 Å². The maximum Gasteiger partial charge on any atom is 0.301 e. The van der Waals surface area contributed by atoms with E-state index in [2.05, 4.69) is 0 Å². The lowest BCUT2D eigenvalue weighted by atomic mass is 10.0. The average Bonchev–Trinajstić information content (AvgIpc) is 2.28. The molecule has 3 unspecified atom stereocenters. The van der Waals surface area contributed by atoms with Gasteiger partial charge in [-0.1, -0.05) is 38.5 Å². The molecule has 0 spiro atoms. The van der Waals surface area contributed by atoms with Gasteiger partial charge in [0, 0.05) is 5.30 Å². The van der Waals surface area contributed by atoms with Gasteiger partial charge >= 0.3 is 7.45 Å². The van der Waals surface area contributed by atoms with E-state index in [-0.39, 0.29) is 11.2 Å². The predicted octanol–water partition coefficient (Wildman–Crippen LogP) is 3.31. The number of halogens is 1. The maximum absolute atomic E-state index is 14.3. The largest absolute Gasteiger partial charge is 0.379 e. The molecule has 0 bridgehead atoms. The van der Waals surface area contributed by atoms with Crippen molar-refractivity contribution in [2.24, 2.45) is 5.92 Å². The van der Waals surface area contributed by atoms with Crippen molar-refractivity contribution in [1.82, 2.24) is 0 Å². The standard InChI is InChI=1S/C12H18FO2P/c1-4-10(2)12(3,14)16(13,15)11-8-6-5-7-9-11/h5-10,14H,4H2,1-3H3. The lowest BCUT2D eigenvalue weighted by Crippen LogP contribution is -2.34. The van der Waals surface area contributed by atoms with Crippen LogP contribution in [0.4, 0.5) is 4.20 Å². The van der Waals surface area contributed by atoms with Crippen molar-refractivity contribution in [2.45, 2.75) is 32.5 Å². The second-order valence-electron chi connectivity index (χ2n) is 4.27. The molecule has 1 N–H and O–H groups in total. The molecule has 1 rings (SSSR count). The van der Waals surface area contributed by atoms with Crippen molar-refractivity contribution in [1.29, 1.82) is 0 Å². The molecule has 0 saturated heterocycles. The van der Waals surface area contributed by atoms with Crippen LogP contribution in [0.3, 0.4) is 0 Å². The fourth-order valence-corrected chi connectivity index (χ4v) is 3.38. The zero-order chi connectivity index (χ0) is 12.4. The van der Waals surface area contributed by atoms with E-state index in [4.69, 9.17) is 0 Å². The molecule has 4 heteroatoms. The van der Waals surface area contributed by atoms with E-state index in [0.717, 1.165) is 0 Å². The molecule has 0 aliphatic heterocycles. The highest BCUT2D eigenvalue weighted by Crippen LogP contribution is 2.60. The highest BCUT2D eigenvalue weighted by atomic mass is 31.2. The Morgan fingerprint density at radius 3 is 2.38 bits per heavy atom. The molecule has 0 aromatic heterocycles. The summed E-state index contributed by atoms with van der Waals surface area (Å²) in [6.07, 6.45) is 0.577. The van der Waals surface area contributed by atoms with Gasteiger partial charge in [0.2, 0.25) is 0 Å². The van der Waals surface area contributed by atoms with Gasteiger partial charge in [0.25, 0.3) is 0 Å². The smallest absolute Gasteiger partial charge is 0.301 e. The van der Waals surface area contributed by atoms with Crippen LogP contribution in [0.5, 0.6) is 0 Å². The third-order valence-corrected chi connectivity index (χ3v) is 5.78. The van der Waals surface area contributed by atoms with E-state index in [1.54, 1.807) is 25.1 Å². The van der Waals surface area contributed by atoms with Gasteiger partial charge in [0.05, 0.1) is 0 Å². The number of aliphatic hydroxyl groups is 1. The van der Waals surface area contributed by atoms with Crippen LogP contribution in [0.25, 0.3) is 0 Å². The first-order valence-electron chi connectivity index (χ1n) is 5.41. The third kappa shape index (κ3) is 2.21. The molecule has 0 saturated carbocycles. The normalized spacial score (nSPS) is 20.8. The summed E-state index contributed by atoms with van der Waals surface area (Å²) in [6, 6.07) is 7.87. The molecular formula is C12H18FO2P. The van der Waals surface area contributed by atoms with Crippen molar-refractivity contribution in [3.8, 4) is 0 Å². The number of rotatable bonds is 4. The van der Waals surface area contributed by atoms with E-state index in [9.17, 15) is 13.9 Å². The van der Waals surface area contributed by atoms with Gasteiger partial charge in [-0.25, -0.2) is 0 Å². The monoisotopic (exact) mass is 244 g/mol. The van der Waals surface area contributed by atoms with Gasteiger partial charge in [-0.05, 0) is 25.0 Å². The van der Waals surface area contributed by atoms with Crippen LogP contribution in [0, 0.1) is 5.92 Å². The summed E-state index contributed by atoms with van der Waals surface area (Å²) in [4.78, 5) is 0. The molecule has 0 radical (unpaired) electrons. The van der Waals surface area contributed by atoms with E-state index >= 15 is 0 Å². The zero-order valence-corrected chi connectivity index (χ0v) is 10.7. The average molecular weight is 244 g/mol. The summed E-state index contributed by atoms with van der Waals surface area (Å²) in [5.41, 5.74) is 0. The van der Waals surface area contributed by atoms with Crippen LogP contribution in [-0.4, -0.2) is 10.4 Å². The van der Waals surface area contributed by atoms with Crippen LogP contribution < -0.4 is 5.30 Å². The Labute approximate surface area is 96.0 Å². The molecule has 16 heavy (non-hydrogen) atoms. The quantitative estimate of drug-likeness (QED) is 0.825. The van der Waals surface area contributed by atoms with Gasteiger partial charge in [0.15, 0.2) is 0 Å². The zero-order valence-electron chi connectivity index (χ0n) is 9.85. The Morgan fingerprint density at radius 1 is 1.44 bits per heavy atom. The first kappa shape index (κ1) is 13.4. The SMILES string of the molecule is CCC(C)C(C)(O)P(=O)(F)c1ccccc1. The molecular weight excluding hydrogens is 226 g/mol. The lowest BCUT2D eigenvalue weighted by Gasteiger charge is -2.32. The van der Waals surface area contributed by atoms with Crippen LogP contribution in [-0.2, 0) is 4.57 Å².